The first kappa shape index (κ1) is 18.0. The molecule has 6 heteroatoms. The Labute approximate surface area is 131 Å². The molecule has 0 saturated carbocycles. The summed E-state index contributed by atoms with van der Waals surface area (Å²) >= 11 is 1.27. The van der Waals surface area contributed by atoms with Gasteiger partial charge < -0.3 is 14.4 Å². The third-order valence-corrected chi connectivity index (χ3v) is 4.25. The van der Waals surface area contributed by atoms with Crippen LogP contribution in [0.25, 0.3) is 0 Å². The van der Waals surface area contributed by atoms with E-state index in [0.717, 1.165) is 10.9 Å². The average molecular weight is 314 g/mol. The summed E-state index contributed by atoms with van der Waals surface area (Å²) in [5.41, 5.74) is 1.13. The van der Waals surface area contributed by atoms with Gasteiger partial charge in [-0.2, -0.15) is 0 Å². The Morgan fingerprint density at radius 1 is 1.43 bits per heavy atom. The zero-order valence-corrected chi connectivity index (χ0v) is 14.3. The van der Waals surface area contributed by atoms with Gasteiger partial charge in [0, 0.05) is 18.5 Å². The van der Waals surface area contributed by atoms with Crippen LogP contribution in [0.1, 0.15) is 52.3 Å². The molecule has 0 aliphatic rings. The van der Waals surface area contributed by atoms with Crippen molar-refractivity contribution in [3.05, 3.63) is 11.9 Å². The quantitative estimate of drug-likeness (QED) is 0.708. The molecule has 0 bridgehead atoms. The first-order valence-corrected chi connectivity index (χ1v) is 8.36. The fourth-order valence-corrected chi connectivity index (χ4v) is 2.91. The van der Waals surface area contributed by atoms with Gasteiger partial charge in [0.1, 0.15) is 0 Å². The third kappa shape index (κ3) is 5.04. The van der Waals surface area contributed by atoms with E-state index in [1.807, 2.05) is 13.1 Å². The number of ether oxygens (including phenoxy) is 1. The number of carboxylic acids is 1. The van der Waals surface area contributed by atoms with Crippen LogP contribution in [-0.4, -0.2) is 39.6 Å². The van der Waals surface area contributed by atoms with Crippen molar-refractivity contribution in [2.24, 2.45) is 5.92 Å². The predicted molar refractivity (Wildman–Crippen MR) is 85.0 cm³/mol. The lowest BCUT2D eigenvalue weighted by atomic mass is 10.0. The molecule has 1 N–H and O–H groups in total. The molecule has 1 heterocycles. The molecule has 0 fully saturated rings. The van der Waals surface area contributed by atoms with Crippen LogP contribution in [0.15, 0.2) is 11.4 Å². The van der Waals surface area contributed by atoms with E-state index in [4.69, 9.17) is 9.84 Å². The number of hydrogen-bond acceptors (Lipinski definition) is 4. The molecular formula is C15H26N2O3S. The van der Waals surface area contributed by atoms with E-state index in [9.17, 15) is 4.79 Å². The first-order valence-electron chi connectivity index (χ1n) is 7.37. The number of thioether (sulfide) groups is 1. The molecule has 0 spiro atoms. The lowest BCUT2D eigenvalue weighted by molar-refractivity contribution is -0.133. The van der Waals surface area contributed by atoms with E-state index in [1.165, 1.54) is 11.8 Å². The molecule has 21 heavy (non-hydrogen) atoms. The van der Waals surface area contributed by atoms with Crippen LogP contribution >= 0.6 is 11.8 Å². The van der Waals surface area contributed by atoms with Gasteiger partial charge in [0.2, 0.25) is 0 Å². The number of hydrogen-bond donors (Lipinski definition) is 1. The highest BCUT2D eigenvalue weighted by Gasteiger charge is 2.24. The maximum absolute atomic E-state index is 10.8. The lowest BCUT2D eigenvalue weighted by Crippen LogP contribution is -2.24. The molecule has 0 aliphatic heterocycles. The highest BCUT2D eigenvalue weighted by atomic mass is 32.2. The van der Waals surface area contributed by atoms with Crippen molar-refractivity contribution in [1.29, 1.82) is 0 Å². The summed E-state index contributed by atoms with van der Waals surface area (Å²) in [7, 11) is 0. The summed E-state index contributed by atoms with van der Waals surface area (Å²) < 4.78 is 7.79. The standard InChI is InChI=1S/C15H26N2O3S/c1-6-20-8-13(11(4)5)17-12(10(2)3)7-16-15(17)21-9-14(18)19/h7,10-11,13H,6,8-9H2,1-5H3,(H,18,19). The van der Waals surface area contributed by atoms with Crippen LogP contribution in [0, 0.1) is 5.92 Å². The van der Waals surface area contributed by atoms with Crippen LogP contribution in [-0.2, 0) is 9.53 Å². The number of nitrogens with zero attached hydrogens (tertiary/aromatic N) is 2. The topological polar surface area (TPSA) is 64.4 Å². The van der Waals surface area contributed by atoms with Crippen LogP contribution in [0.5, 0.6) is 0 Å². The Morgan fingerprint density at radius 3 is 2.57 bits per heavy atom. The fraction of sp³-hybridized carbons (Fsp3) is 0.733. The Kier molecular flexibility index (Phi) is 7.25. The summed E-state index contributed by atoms with van der Waals surface area (Å²) in [6, 6.07) is 0.168. The number of carboxylic acid groups (broad SMARTS) is 1. The predicted octanol–water partition coefficient (Wildman–Crippen LogP) is 3.42. The number of aromatic nitrogens is 2. The van der Waals surface area contributed by atoms with Gasteiger partial charge in [-0.25, -0.2) is 4.98 Å². The van der Waals surface area contributed by atoms with Crippen molar-refractivity contribution in [2.75, 3.05) is 19.0 Å². The molecule has 1 aromatic rings. The molecule has 1 aromatic heterocycles. The summed E-state index contributed by atoms with van der Waals surface area (Å²) in [4.78, 5) is 15.2. The van der Waals surface area contributed by atoms with E-state index in [1.54, 1.807) is 0 Å². The minimum absolute atomic E-state index is 0.0218. The molecule has 5 nitrogen and oxygen atoms in total. The minimum atomic E-state index is -0.827. The Bertz CT molecular complexity index is 458. The Balaban J connectivity index is 3.12. The zero-order valence-electron chi connectivity index (χ0n) is 13.5. The van der Waals surface area contributed by atoms with Crippen LogP contribution in [0.2, 0.25) is 0 Å². The van der Waals surface area contributed by atoms with Gasteiger partial charge in [0.25, 0.3) is 0 Å². The monoisotopic (exact) mass is 314 g/mol. The molecule has 1 atom stereocenters. The third-order valence-electron chi connectivity index (χ3n) is 3.30. The molecule has 1 unspecified atom stereocenters. The molecule has 0 aliphatic carbocycles. The van der Waals surface area contributed by atoms with Crippen LogP contribution in [0.3, 0.4) is 0 Å². The highest BCUT2D eigenvalue weighted by Crippen LogP contribution is 2.31. The Morgan fingerprint density at radius 2 is 2.10 bits per heavy atom. The zero-order chi connectivity index (χ0) is 16.0. The molecular weight excluding hydrogens is 288 g/mol. The second-order valence-electron chi connectivity index (χ2n) is 5.64. The second kappa shape index (κ2) is 8.44. The molecule has 0 aromatic carbocycles. The lowest BCUT2D eigenvalue weighted by Gasteiger charge is -2.27. The fourth-order valence-electron chi connectivity index (χ4n) is 2.15. The highest BCUT2D eigenvalue weighted by molar-refractivity contribution is 7.99. The minimum Gasteiger partial charge on any atom is -0.481 e. The van der Waals surface area contributed by atoms with E-state index < -0.39 is 5.97 Å². The van der Waals surface area contributed by atoms with Gasteiger partial charge in [-0.05, 0) is 18.8 Å². The summed E-state index contributed by atoms with van der Waals surface area (Å²) in [6.45, 7) is 11.8. The van der Waals surface area contributed by atoms with Crippen molar-refractivity contribution in [3.8, 4) is 0 Å². The van der Waals surface area contributed by atoms with Gasteiger partial charge in [-0.15, -0.1) is 0 Å². The van der Waals surface area contributed by atoms with E-state index in [-0.39, 0.29) is 11.8 Å². The normalized spacial score (nSPS) is 13.1. The van der Waals surface area contributed by atoms with Gasteiger partial charge in [-0.3, -0.25) is 4.79 Å². The average Bonchev–Trinajstić information content (AvgIpc) is 2.80. The van der Waals surface area contributed by atoms with Gasteiger partial charge in [0.05, 0.1) is 18.4 Å². The van der Waals surface area contributed by atoms with Crippen molar-refractivity contribution >= 4 is 17.7 Å². The SMILES string of the molecule is CCOCC(C(C)C)n1c(C(C)C)cnc1SCC(=O)O. The summed E-state index contributed by atoms with van der Waals surface area (Å²) in [5, 5.41) is 9.65. The van der Waals surface area contributed by atoms with Crippen LogP contribution < -0.4 is 0 Å². The van der Waals surface area contributed by atoms with Gasteiger partial charge in [0.15, 0.2) is 5.16 Å². The maximum Gasteiger partial charge on any atom is 0.313 e. The molecule has 0 amide bonds. The Hall–Kier alpha value is -1.01. The van der Waals surface area contributed by atoms with E-state index in [2.05, 4.69) is 37.2 Å². The summed E-state index contributed by atoms with van der Waals surface area (Å²) in [5.74, 6) is -0.0906. The second-order valence-corrected chi connectivity index (χ2v) is 6.59. The molecule has 0 radical (unpaired) electrons. The molecule has 120 valence electrons. The van der Waals surface area contributed by atoms with E-state index >= 15 is 0 Å². The maximum atomic E-state index is 10.8. The van der Waals surface area contributed by atoms with Crippen LogP contribution in [0.4, 0.5) is 0 Å². The van der Waals surface area contributed by atoms with Crippen molar-refractivity contribution in [1.82, 2.24) is 9.55 Å². The van der Waals surface area contributed by atoms with E-state index in [0.29, 0.717) is 25.0 Å². The smallest absolute Gasteiger partial charge is 0.313 e. The number of aliphatic carboxylic acids is 1. The first-order chi connectivity index (χ1) is 9.88. The number of rotatable bonds is 9. The van der Waals surface area contributed by atoms with Gasteiger partial charge in [-0.1, -0.05) is 39.5 Å². The molecule has 0 saturated heterocycles. The molecule has 1 rings (SSSR count). The van der Waals surface area contributed by atoms with Crippen molar-refractivity contribution < 1.29 is 14.6 Å². The largest absolute Gasteiger partial charge is 0.481 e. The number of imidazole rings is 1. The van der Waals surface area contributed by atoms with Gasteiger partial charge >= 0.3 is 5.97 Å². The summed E-state index contributed by atoms with van der Waals surface area (Å²) in [6.07, 6.45) is 1.86. The van der Waals surface area contributed by atoms with Crippen molar-refractivity contribution in [2.45, 2.75) is 51.7 Å². The van der Waals surface area contributed by atoms with Crippen molar-refractivity contribution in [3.63, 3.8) is 0 Å². The number of carbonyl (C=O) groups is 1.